The monoisotopic (exact) mass is 458 g/mol. The van der Waals surface area contributed by atoms with Gasteiger partial charge in [0.25, 0.3) is 0 Å². The minimum Gasteiger partial charge on any atom is -0.461 e. The molecule has 0 saturated carbocycles. The van der Waals surface area contributed by atoms with Crippen LogP contribution in [0.15, 0.2) is 27.1 Å². The van der Waals surface area contributed by atoms with Crippen molar-refractivity contribution < 1.29 is 31.9 Å². The van der Waals surface area contributed by atoms with Gasteiger partial charge in [0, 0.05) is 16.3 Å². The van der Waals surface area contributed by atoms with Crippen molar-refractivity contribution in [2.75, 3.05) is 18.1 Å². The summed E-state index contributed by atoms with van der Waals surface area (Å²) in [5.41, 5.74) is 0.909. The van der Waals surface area contributed by atoms with Crippen molar-refractivity contribution in [3.05, 3.63) is 34.0 Å². The van der Waals surface area contributed by atoms with E-state index >= 15 is 0 Å². The Hall–Kier alpha value is -1.87. The minimum absolute atomic E-state index is 0.00111. The lowest BCUT2D eigenvalue weighted by Crippen LogP contribution is -2.14. The molecule has 0 amide bonds. The number of benzene rings is 1. The number of furan rings is 1. The molecule has 7 nitrogen and oxygen atoms in total. The van der Waals surface area contributed by atoms with Crippen molar-refractivity contribution in [3.8, 4) is 0 Å². The highest BCUT2D eigenvalue weighted by Crippen LogP contribution is 2.30. The van der Waals surface area contributed by atoms with Crippen molar-refractivity contribution in [1.29, 1.82) is 0 Å². The summed E-state index contributed by atoms with van der Waals surface area (Å²) in [6.45, 7) is 1.72. The number of rotatable bonds is 6. The molecule has 0 radical (unpaired) electrons. The van der Waals surface area contributed by atoms with Crippen LogP contribution in [0, 0.1) is 5.92 Å². The molecule has 1 aliphatic rings. The Kier molecular flexibility index (Phi) is 5.90. The number of esters is 2. The second-order valence-electron chi connectivity index (χ2n) is 6.40. The topological polar surface area (TPSA) is 99.9 Å². The molecular formula is C18H19BrO7S. The van der Waals surface area contributed by atoms with E-state index in [4.69, 9.17) is 13.9 Å². The number of halogens is 1. The molecule has 0 bridgehead atoms. The quantitative estimate of drug-likeness (QED) is 0.612. The molecule has 1 aromatic carbocycles. The number of sulfone groups is 1. The summed E-state index contributed by atoms with van der Waals surface area (Å²) in [6.07, 6.45) is 0.501. The molecule has 1 aliphatic heterocycles. The third kappa shape index (κ3) is 4.70. The maximum Gasteiger partial charge on any atom is 0.374 e. The molecule has 0 N–H and O–H groups in total. The van der Waals surface area contributed by atoms with Crippen molar-refractivity contribution in [1.82, 2.24) is 0 Å². The summed E-state index contributed by atoms with van der Waals surface area (Å²) in [5.74, 6) is -1.23. The van der Waals surface area contributed by atoms with Gasteiger partial charge in [0.05, 0.1) is 23.7 Å². The van der Waals surface area contributed by atoms with E-state index in [2.05, 4.69) is 15.9 Å². The molecule has 9 heteroatoms. The van der Waals surface area contributed by atoms with Crippen LogP contribution in [0.1, 0.15) is 35.9 Å². The second-order valence-corrected chi connectivity index (χ2v) is 9.55. The highest BCUT2D eigenvalue weighted by Gasteiger charge is 2.30. The zero-order chi connectivity index (χ0) is 19.6. The van der Waals surface area contributed by atoms with E-state index in [-0.39, 0.29) is 42.8 Å². The Morgan fingerprint density at radius 1 is 1.30 bits per heavy atom. The molecule has 1 fully saturated rings. The van der Waals surface area contributed by atoms with Crippen LogP contribution in [0.4, 0.5) is 0 Å². The zero-order valence-electron chi connectivity index (χ0n) is 14.7. The third-order valence-corrected chi connectivity index (χ3v) is 6.70. The fraction of sp³-hybridized carbons (Fsp3) is 0.444. The van der Waals surface area contributed by atoms with Crippen LogP contribution in [-0.2, 0) is 30.7 Å². The van der Waals surface area contributed by atoms with Crippen LogP contribution >= 0.6 is 15.9 Å². The van der Waals surface area contributed by atoms with Gasteiger partial charge in [-0.2, -0.15) is 0 Å². The largest absolute Gasteiger partial charge is 0.461 e. The number of carbonyl (C=O) groups is 2. The maximum atomic E-state index is 12.2. The van der Waals surface area contributed by atoms with E-state index in [1.165, 1.54) is 0 Å². The lowest BCUT2D eigenvalue weighted by atomic mass is 10.1. The molecule has 2 aromatic rings. The van der Waals surface area contributed by atoms with Crippen LogP contribution in [0.25, 0.3) is 11.0 Å². The Labute approximate surface area is 165 Å². The number of fused-ring (bicyclic) bond motifs is 1. The first kappa shape index (κ1) is 19.9. The molecule has 2 heterocycles. The van der Waals surface area contributed by atoms with E-state index in [0.717, 1.165) is 4.47 Å². The number of ether oxygens (including phenoxy) is 2. The van der Waals surface area contributed by atoms with Crippen LogP contribution in [0.5, 0.6) is 0 Å². The van der Waals surface area contributed by atoms with Crippen LogP contribution < -0.4 is 0 Å². The fourth-order valence-corrected chi connectivity index (χ4v) is 5.33. The molecule has 1 aromatic heterocycles. The number of hydrogen-bond acceptors (Lipinski definition) is 7. The summed E-state index contributed by atoms with van der Waals surface area (Å²) >= 11 is 3.37. The van der Waals surface area contributed by atoms with E-state index < -0.39 is 21.8 Å². The van der Waals surface area contributed by atoms with Gasteiger partial charge in [0.2, 0.25) is 5.76 Å². The van der Waals surface area contributed by atoms with Gasteiger partial charge in [-0.15, -0.1) is 0 Å². The van der Waals surface area contributed by atoms with Gasteiger partial charge in [-0.25, -0.2) is 13.2 Å². The first-order chi connectivity index (χ1) is 12.8. The first-order valence-electron chi connectivity index (χ1n) is 8.53. The fourth-order valence-electron chi connectivity index (χ4n) is 3.11. The molecule has 3 rings (SSSR count). The van der Waals surface area contributed by atoms with Gasteiger partial charge < -0.3 is 13.9 Å². The predicted molar refractivity (Wildman–Crippen MR) is 101 cm³/mol. The Bertz CT molecular complexity index is 977. The third-order valence-electron chi connectivity index (χ3n) is 4.37. The van der Waals surface area contributed by atoms with Crippen LogP contribution in [-0.4, -0.2) is 38.5 Å². The van der Waals surface area contributed by atoms with E-state index in [0.29, 0.717) is 23.0 Å². The summed E-state index contributed by atoms with van der Waals surface area (Å²) in [7, 11) is -3.05. The van der Waals surface area contributed by atoms with Gasteiger partial charge in [0.15, 0.2) is 9.84 Å². The molecular weight excluding hydrogens is 440 g/mol. The van der Waals surface area contributed by atoms with Crippen molar-refractivity contribution >= 4 is 48.7 Å². The Morgan fingerprint density at radius 3 is 2.74 bits per heavy atom. The highest BCUT2D eigenvalue weighted by atomic mass is 79.9. The maximum absolute atomic E-state index is 12.2. The standard InChI is InChI=1S/C18H19BrO7S/c1-2-24-18(21)17-14(13-8-12(19)3-4-15(13)26-17)9-25-16(20)7-11-5-6-27(22,23)10-11/h3-4,8,11H,2,5-7,9-10H2,1H3. The van der Waals surface area contributed by atoms with Crippen LogP contribution in [0.3, 0.4) is 0 Å². The summed E-state index contributed by atoms with van der Waals surface area (Å²) < 4.78 is 39.7. The van der Waals surface area contributed by atoms with Crippen LogP contribution in [0.2, 0.25) is 0 Å². The second kappa shape index (κ2) is 8.02. The van der Waals surface area contributed by atoms with Gasteiger partial charge in [0.1, 0.15) is 12.2 Å². The Balaban J connectivity index is 1.76. The van der Waals surface area contributed by atoms with Crippen molar-refractivity contribution in [2.24, 2.45) is 5.92 Å². The summed E-state index contributed by atoms with van der Waals surface area (Å²) in [6, 6.07) is 5.25. The smallest absolute Gasteiger partial charge is 0.374 e. The lowest BCUT2D eigenvalue weighted by Gasteiger charge is -2.08. The zero-order valence-corrected chi connectivity index (χ0v) is 17.1. The van der Waals surface area contributed by atoms with Gasteiger partial charge in [-0.3, -0.25) is 4.79 Å². The van der Waals surface area contributed by atoms with E-state index in [1.54, 1.807) is 25.1 Å². The van der Waals surface area contributed by atoms with Crippen molar-refractivity contribution in [3.63, 3.8) is 0 Å². The summed E-state index contributed by atoms with van der Waals surface area (Å²) in [4.78, 5) is 24.3. The van der Waals surface area contributed by atoms with Crippen molar-refractivity contribution in [2.45, 2.75) is 26.4 Å². The molecule has 27 heavy (non-hydrogen) atoms. The van der Waals surface area contributed by atoms with E-state index in [1.807, 2.05) is 0 Å². The average Bonchev–Trinajstić information content (AvgIpc) is 3.12. The molecule has 0 aliphatic carbocycles. The molecule has 0 spiro atoms. The normalized spacial score (nSPS) is 18.5. The Morgan fingerprint density at radius 2 is 2.07 bits per heavy atom. The molecule has 1 unspecified atom stereocenters. The van der Waals surface area contributed by atoms with Gasteiger partial charge in [-0.05, 0) is 37.5 Å². The van der Waals surface area contributed by atoms with E-state index in [9.17, 15) is 18.0 Å². The number of hydrogen-bond donors (Lipinski definition) is 0. The number of carbonyl (C=O) groups excluding carboxylic acids is 2. The molecule has 1 saturated heterocycles. The SMILES string of the molecule is CCOC(=O)c1oc2ccc(Br)cc2c1COC(=O)CC1CCS(=O)(=O)C1. The first-order valence-corrected chi connectivity index (χ1v) is 11.1. The molecule has 146 valence electrons. The summed E-state index contributed by atoms with van der Waals surface area (Å²) in [5, 5.41) is 0.642. The lowest BCUT2D eigenvalue weighted by molar-refractivity contribution is -0.145. The predicted octanol–water partition coefficient (Wildman–Crippen LogP) is 3.24. The highest BCUT2D eigenvalue weighted by molar-refractivity contribution is 9.10. The van der Waals surface area contributed by atoms with Gasteiger partial charge >= 0.3 is 11.9 Å². The average molecular weight is 459 g/mol. The molecule has 1 atom stereocenters. The van der Waals surface area contributed by atoms with Gasteiger partial charge in [-0.1, -0.05) is 15.9 Å². The minimum atomic E-state index is -3.05.